The molecule has 0 saturated carbocycles. The molecule has 0 aliphatic heterocycles. The number of hydrogen-bond donors (Lipinski definition) is 2. The molecule has 2 N–H and O–H groups in total. The van der Waals surface area contributed by atoms with E-state index in [9.17, 15) is 4.79 Å². The van der Waals surface area contributed by atoms with Crippen molar-refractivity contribution in [3.63, 3.8) is 0 Å². The minimum atomic E-state index is -0.431. The largest absolute Gasteiger partial charge is 0.363 e. The average molecular weight is 275 g/mol. The highest BCUT2D eigenvalue weighted by molar-refractivity contribution is 5.98. The zero-order valence-corrected chi connectivity index (χ0v) is 11.9. The molecular weight excluding hydrogens is 258 g/mol. The topological polar surface area (TPSA) is 88.0 Å². The second-order valence-corrected chi connectivity index (χ2v) is 4.54. The summed E-state index contributed by atoms with van der Waals surface area (Å²) in [6.07, 6.45) is 1.74. The van der Waals surface area contributed by atoms with Gasteiger partial charge < -0.3 is 4.90 Å². The van der Waals surface area contributed by atoms with E-state index in [0.29, 0.717) is 5.82 Å². The third kappa shape index (κ3) is 3.44. The molecule has 0 unspecified atom stereocenters. The Morgan fingerprint density at radius 3 is 2.65 bits per heavy atom. The number of nitrogens with zero attached hydrogens (tertiary/aromatic N) is 5. The second kappa shape index (κ2) is 5.55. The van der Waals surface area contributed by atoms with Gasteiger partial charge in [0.15, 0.2) is 5.82 Å². The minimum absolute atomic E-state index is 0.252. The summed E-state index contributed by atoms with van der Waals surface area (Å²) in [6, 6.07) is 3.10. The van der Waals surface area contributed by atoms with Gasteiger partial charge in [-0.05, 0) is 6.92 Å². The molecule has 2 rings (SSSR count). The van der Waals surface area contributed by atoms with Crippen molar-refractivity contribution in [3.05, 3.63) is 24.0 Å². The number of aryl methyl sites for hydroxylation is 2. The summed E-state index contributed by atoms with van der Waals surface area (Å²) >= 11 is 0. The molecule has 8 nitrogen and oxygen atoms in total. The fourth-order valence-electron chi connectivity index (χ4n) is 1.57. The molecule has 2 amide bonds. The number of anilines is 3. The summed E-state index contributed by atoms with van der Waals surface area (Å²) in [5, 5.41) is 9.24. The van der Waals surface area contributed by atoms with E-state index >= 15 is 0 Å². The predicted molar refractivity (Wildman–Crippen MR) is 76.9 cm³/mol. The predicted octanol–water partition coefficient (Wildman–Crippen LogP) is 1.23. The first kappa shape index (κ1) is 13.8. The van der Waals surface area contributed by atoms with E-state index in [4.69, 9.17) is 0 Å². The Kier molecular flexibility index (Phi) is 3.83. The molecule has 20 heavy (non-hydrogen) atoms. The number of aromatic nitrogens is 4. The minimum Gasteiger partial charge on any atom is -0.363 e. The van der Waals surface area contributed by atoms with Crippen LogP contribution in [0.3, 0.4) is 0 Å². The van der Waals surface area contributed by atoms with Crippen LogP contribution in [0.15, 0.2) is 18.3 Å². The molecule has 0 aliphatic rings. The van der Waals surface area contributed by atoms with E-state index in [2.05, 4.69) is 25.7 Å². The van der Waals surface area contributed by atoms with Crippen LogP contribution >= 0.6 is 0 Å². The Hall–Kier alpha value is -2.64. The highest BCUT2D eigenvalue weighted by Gasteiger charge is 2.09. The maximum Gasteiger partial charge on any atom is 0.327 e. The lowest BCUT2D eigenvalue weighted by Crippen LogP contribution is -2.22. The molecule has 2 aromatic rings. The molecule has 0 aromatic carbocycles. The highest BCUT2D eigenvalue weighted by atomic mass is 16.2. The van der Waals surface area contributed by atoms with Crippen molar-refractivity contribution in [2.24, 2.45) is 7.05 Å². The fraction of sp³-hybridized carbons (Fsp3) is 0.333. The number of rotatable bonds is 3. The van der Waals surface area contributed by atoms with Gasteiger partial charge in [-0.15, -0.1) is 0 Å². The summed E-state index contributed by atoms with van der Waals surface area (Å²) in [5.41, 5.74) is 0.775. The van der Waals surface area contributed by atoms with Gasteiger partial charge in [-0.1, -0.05) is 0 Å². The van der Waals surface area contributed by atoms with Crippen LogP contribution in [0, 0.1) is 6.92 Å². The third-order valence-corrected chi connectivity index (χ3v) is 2.48. The van der Waals surface area contributed by atoms with Gasteiger partial charge in [-0.25, -0.2) is 9.78 Å². The Morgan fingerprint density at radius 2 is 2.05 bits per heavy atom. The van der Waals surface area contributed by atoms with Gasteiger partial charge >= 0.3 is 6.03 Å². The SMILES string of the molecule is Cc1cc(N(C)C)nc(NC(=O)Nc2ccn(C)n2)n1. The van der Waals surface area contributed by atoms with E-state index < -0.39 is 6.03 Å². The van der Waals surface area contributed by atoms with Crippen LogP contribution in [0.25, 0.3) is 0 Å². The van der Waals surface area contributed by atoms with Crippen LogP contribution < -0.4 is 15.5 Å². The zero-order valence-electron chi connectivity index (χ0n) is 11.9. The number of amides is 2. The first-order valence-electron chi connectivity index (χ1n) is 6.04. The summed E-state index contributed by atoms with van der Waals surface area (Å²) < 4.78 is 1.60. The summed E-state index contributed by atoms with van der Waals surface area (Å²) in [5.74, 6) is 1.44. The van der Waals surface area contributed by atoms with E-state index in [1.54, 1.807) is 24.0 Å². The summed E-state index contributed by atoms with van der Waals surface area (Å²) in [7, 11) is 5.52. The molecular formula is C12H17N7O. The Labute approximate surface area is 116 Å². The van der Waals surface area contributed by atoms with E-state index in [1.165, 1.54) is 0 Å². The molecule has 0 atom stereocenters. The molecule has 2 heterocycles. The van der Waals surface area contributed by atoms with Crippen molar-refractivity contribution in [3.8, 4) is 0 Å². The quantitative estimate of drug-likeness (QED) is 0.879. The van der Waals surface area contributed by atoms with Crippen LogP contribution in [0.1, 0.15) is 5.69 Å². The van der Waals surface area contributed by atoms with Gasteiger partial charge in [-0.3, -0.25) is 15.3 Å². The smallest absolute Gasteiger partial charge is 0.327 e. The lowest BCUT2D eigenvalue weighted by Gasteiger charge is -2.13. The second-order valence-electron chi connectivity index (χ2n) is 4.54. The number of carbonyl (C=O) groups excluding carboxylic acids is 1. The highest BCUT2D eigenvalue weighted by Crippen LogP contribution is 2.12. The van der Waals surface area contributed by atoms with Gasteiger partial charge in [-0.2, -0.15) is 10.1 Å². The van der Waals surface area contributed by atoms with Gasteiger partial charge in [0.25, 0.3) is 0 Å². The maximum atomic E-state index is 11.8. The molecule has 0 saturated heterocycles. The zero-order chi connectivity index (χ0) is 14.7. The van der Waals surface area contributed by atoms with Crippen molar-refractivity contribution in [2.75, 3.05) is 29.6 Å². The van der Waals surface area contributed by atoms with Gasteiger partial charge in [0.2, 0.25) is 5.95 Å². The lowest BCUT2D eigenvalue weighted by molar-refractivity contribution is 0.262. The van der Waals surface area contributed by atoms with E-state index in [0.717, 1.165) is 11.5 Å². The maximum absolute atomic E-state index is 11.8. The summed E-state index contributed by atoms with van der Waals surface area (Å²) in [4.78, 5) is 22.1. The molecule has 0 fully saturated rings. The lowest BCUT2D eigenvalue weighted by atomic mass is 10.4. The number of carbonyl (C=O) groups is 1. The Balaban J connectivity index is 2.07. The van der Waals surface area contributed by atoms with Gasteiger partial charge in [0.1, 0.15) is 5.82 Å². The van der Waals surface area contributed by atoms with Gasteiger partial charge in [0, 0.05) is 45.2 Å². The number of hydrogen-bond acceptors (Lipinski definition) is 5. The van der Waals surface area contributed by atoms with Crippen molar-refractivity contribution < 1.29 is 4.79 Å². The molecule has 2 aromatic heterocycles. The standard InChI is InChI=1S/C12H17N7O/c1-8-7-10(18(2)3)15-11(13-8)16-12(20)14-9-5-6-19(4)17-9/h5-7H,1-4H3,(H2,13,14,15,16,17,20). The van der Waals surface area contributed by atoms with Crippen LogP contribution in [0.4, 0.5) is 22.4 Å². The normalized spacial score (nSPS) is 10.2. The molecule has 106 valence electrons. The monoisotopic (exact) mass is 275 g/mol. The fourth-order valence-corrected chi connectivity index (χ4v) is 1.57. The third-order valence-electron chi connectivity index (χ3n) is 2.48. The Bertz CT molecular complexity index is 620. The Morgan fingerprint density at radius 1 is 1.30 bits per heavy atom. The van der Waals surface area contributed by atoms with Crippen LogP contribution in [0.2, 0.25) is 0 Å². The number of urea groups is 1. The van der Waals surface area contributed by atoms with Crippen molar-refractivity contribution in [2.45, 2.75) is 6.92 Å². The van der Waals surface area contributed by atoms with E-state index in [-0.39, 0.29) is 5.95 Å². The average Bonchev–Trinajstić information content (AvgIpc) is 2.73. The van der Waals surface area contributed by atoms with E-state index in [1.807, 2.05) is 32.0 Å². The van der Waals surface area contributed by atoms with Crippen molar-refractivity contribution >= 4 is 23.6 Å². The van der Waals surface area contributed by atoms with Crippen LogP contribution in [0.5, 0.6) is 0 Å². The van der Waals surface area contributed by atoms with Gasteiger partial charge in [0.05, 0.1) is 0 Å². The first-order valence-corrected chi connectivity index (χ1v) is 6.04. The van der Waals surface area contributed by atoms with Crippen molar-refractivity contribution in [1.29, 1.82) is 0 Å². The number of nitrogens with one attached hydrogen (secondary N) is 2. The van der Waals surface area contributed by atoms with Crippen LogP contribution in [-0.4, -0.2) is 39.9 Å². The first-order chi connectivity index (χ1) is 9.44. The molecule has 0 radical (unpaired) electrons. The molecule has 0 aliphatic carbocycles. The van der Waals surface area contributed by atoms with Crippen LogP contribution in [-0.2, 0) is 7.05 Å². The molecule has 0 bridgehead atoms. The molecule has 0 spiro atoms. The summed E-state index contributed by atoms with van der Waals surface area (Å²) in [6.45, 7) is 1.84. The molecule has 8 heteroatoms. The van der Waals surface area contributed by atoms with Crippen molar-refractivity contribution in [1.82, 2.24) is 19.7 Å².